The summed E-state index contributed by atoms with van der Waals surface area (Å²) >= 11 is 5.38. The minimum absolute atomic E-state index is 0.769. The van der Waals surface area contributed by atoms with Gasteiger partial charge in [0.25, 0.3) is 0 Å². The number of aromatic amines is 1. The van der Waals surface area contributed by atoms with Gasteiger partial charge >= 0.3 is 0 Å². The minimum atomic E-state index is 0.769. The molecule has 2 aromatic heterocycles. The third-order valence-electron chi connectivity index (χ3n) is 3.16. The first-order valence-electron chi connectivity index (χ1n) is 5.96. The summed E-state index contributed by atoms with van der Waals surface area (Å²) < 4.78 is 8.27. The Morgan fingerprint density at radius 2 is 2.17 bits per heavy atom. The van der Waals surface area contributed by atoms with Gasteiger partial charge < -0.3 is 14.0 Å². The maximum Gasteiger partial charge on any atom is 0.178 e. The predicted molar refractivity (Wildman–Crippen MR) is 74.3 cm³/mol. The Balaban J connectivity index is 2.01. The number of imidazole rings is 1. The van der Waals surface area contributed by atoms with E-state index >= 15 is 0 Å². The van der Waals surface area contributed by atoms with Crippen molar-refractivity contribution in [3.63, 3.8) is 0 Å². The number of aryl methyl sites for hydroxylation is 3. The van der Waals surface area contributed by atoms with E-state index in [1.807, 2.05) is 18.2 Å². The highest BCUT2D eigenvalue weighted by Gasteiger charge is 2.07. The fraction of sp³-hybridized carbons (Fsp3) is 0.214. The van der Waals surface area contributed by atoms with Crippen LogP contribution in [0, 0.1) is 11.7 Å². The van der Waals surface area contributed by atoms with Crippen LogP contribution in [0.1, 0.15) is 11.3 Å². The summed E-state index contributed by atoms with van der Waals surface area (Å²) in [4.78, 5) is 3.25. The molecule has 0 aliphatic heterocycles. The number of para-hydroxylation sites is 1. The molecule has 0 aliphatic carbocycles. The predicted octanol–water partition coefficient (Wildman–Crippen LogP) is 3.84. The number of nitrogens with zero attached hydrogens (tertiary/aromatic N) is 1. The van der Waals surface area contributed by atoms with Crippen molar-refractivity contribution >= 4 is 23.3 Å². The molecule has 2 heterocycles. The lowest BCUT2D eigenvalue weighted by molar-refractivity contribution is 0.492. The lowest BCUT2D eigenvalue weighted by atomic mass is 10.2. The Morgan fingerprint density at radius 1 is 1.28 bits per heavy atom. The molecule has 0 spiro atoms. The van der Waals surface area contributed by atoms with Crippen LogP contribution in [0.15, 0.2) is 41.0 Å². The number of benzene rings is 1. The van der Waals surface area contributed by atoms with Gasteiger partial charge in [0.15, 0.2) is 4.77 Å². The first-order chi connectivity index (χ1) is 8.75. The topological polar surface area (TPSA) is 33.9 Å². The van der Waals surface area contributed by atoms with Crippen molar-refractivity contribution in [3.8, 4) is 0 Å². The molecule has 3 rings (SSSR count). The third kappa shape index (κ3) is 1.88. The van der Waals surface area contributed by atoms with Crippen molar-refractivity contribution in [2.45, 2.75) is 19.9 Å². The first-order valence-corrected chi connectivity index (χ1v) is 6.37. The number of fused-ring (bicyclic) bond motifs is 1. The molecule has 0 bridgehead atoms. The quantitative estimate of drug-likeness (QED) is 0.724. The highest BCUT2D eigenvalue weighted by molar-refractivity contribution is 7.71. The van der Waals surface area contributed by atoms with Gasteiger partial charge in [0, 0.05) is 13.0 Å². The van der Waals surface area contributed by atoms with Crippen molar-refractivity contribution < 1.29 is 4.42 Å². The van der Waals surface area contributed by atoms with Crippen molar-refractivity contribution in [3.05, 3.63) is 52.7 Å². The van der Waals surface area contributed by atoms with E-state index in [0.29, 0.717) is 0 Å². The van der Waals surface area contributed by atoms with E-state index in [1.165, 1.54) is 11.1 Å². The molecule has 1 N–H and O–H groups in total. The van der Waals surface area contributed by atoms with E-state index in [0.717, 1.165) is 29.0 Å². The summed E-state index contributed by atoms with van der Waals surface area (Å²) in [7, 11) is 0. The largest absolute Gasteiger partial charge is 0.469 e. The van der Waals surface area contributed by atoms with E-state index in [1.54, 1.807) is 6.26 Å². The zero-order valence-electron chi connectivity index (χ0n) is 10.1. The number of aromatic nitrogens is 2. The smallest absolute Gasteiger partial charge is 0.178 e. The van der Waals surface area contributed by atoms with Gasteiger partial charge in [-0.05, 0) is 42.9 Å². The second kappa shape index (κ2) is 4.46. The molecular formula is C14H14N2OS. The molecule has 92 valence electrons. The van der Waals surface area contributed by atoms with Crippen LogP contribution in [-0.4, -0.2) is 9.55 Å². The monoisotopic (exact) mass is 258 g/mol. The third-order valence-corrected chi connectivity index (χ3v) is 3.48. The van der Waals surface area contributed by atoms with Gasteiger partial charge in [-0.25, -0.2) is 0 Å². The number of nitrogens with one attached hydrogen (secondary N) is 1. The summed E-state index contributed by atoms with van der Waals surface area (Å²) in [6, 6.07) is 10.1. The molecule has 0 saturated carbocycles. The number of hydrogen-bond donors (Lipinski definition) is 1. The normalized spacial score (nSPS) is 11.2. The maximum atomic E-state index is 5.38. The van der Waals surface area contributed by atoms with Crippen LogP contribution in [0.5, 0.6) is 0 Å². The first kappa shape index (κ1) is 11.3. The number of furan rings is 1. The van der Waals surface area contributed by atoms with Gasteiger partial charge in [-0.15, -0.1) is 0 Å². The lowest BCUT2D eigenvalue weighted by Gasteiger charge is -2.05. The van der Waals surface area contributed by atoms with Crippen LogP contribution < -0.4 is 0 Å². The molecule has 4 heteroatoms. The van der Waals surface area contributed by atoms with E-state index < -0.39 is 0 Å². The van der Waals surface area contributed by atoms with Crippen molar-refractivity contribution in [2.24, 2.45) is 0 Å². The Bertz CT molecular complexity index is 722. The number of rotatable bonds is 3. The molecule has 3 aromatic rings. The van der Waals surface area contributed by atoms with Crippen molar-refractivity contribution in [2.75, 3.05) is 0 Å². The molecule has 3 nitrogen and oxygen atoms in total. The summed E-state index contributed by atoms with van der Waals surface area (Å²) in [6.45, 7) is 2.94. The average molecular weight is 258 g/mol. The highest BCUT2D eigenvalue weighted by atomic mass is 32.1. The van der Waals surface area contributed by atoms with Crippen molar-refractivity contribution in [1.82, 2.24) is 9.55 Å². The summed E-state index contributed by atoms with van der Waals surface area (Å²) in [5, 5.41) is 0. The molecule has 1 aromatic carbocycles. The van der Waals surface area contributed by atoms with Gasteiger partial charge in [0.05, 0.1) is 17.3 Å². The molecule has 0 amide bonds. The molecule has 18 heavy (non-hydrogen) atoms. The van der Waals surface area contributed by atoms with Crippen LogP contribution in [-0.2, 0) is 13.0 Å². The van der Waals surface area contributed by atoms with E-state index in [2.05, 4.69) is 28.6 Å². The van der Waals surface area contributed by atoms with Gasteiger partial charge in [-0.1, -0.05) is 12.1 Å². The van der Waals surface area contributed by atoms with Crippen molar-refractivity contribution in [1.29, 1.82) is 0 Å². The minimum Gasteiger partial charge on any atom is -0.469 e. The molecule has 0 radical (unpaired) electrons. The number of hydrogen-bond acceptors (Lipinski definition) is 2. The molecular weight excluding hydrogens is 244 g/mol. The second-order valence-electron chi connectivity index (χ2n) is 4.38. The van der Waals surface area contributed by atoms with Crippen LogP contribution in [0.4, 0.5) is 0 Å². The molecule has 0 aliphatic rings. The van der Waals surface area contributed by atoms with E-state index in [-0.39, 0.29) is 0 Å². The van der Waals surface area contributed by atoms with Crippen LogP contribution in [0.2, 0.25) is 0 Å². The molecule has 0 fully saturated rings. The molecule has 0 atom stereocenters. The van der Waals surface area contributed by atoms with Crippen LogP contribution in [0.3, 0.4) is 0 Å². The molecule has 0 saturated heterocycles. The summed E-state index contributed by atoms with van der Waals surface area (Å²) in [5.74, 6) is 0.986. The highest BCUT2D eigenvalue weighted by Crippen LogP contribution is 2.18. The fourth-order valence-corrected chi connectivity index (χ4v) is 2.59. The second-order valence-corrected chi connectivity index (χ2v) is 4.77. The zero-order valence-corrected chi connectivity index (χ0v) is 11.0. The van der Waals surface area contributed by atoms with Gasteiger partial charge in [-0.3, -0.25) is 0 Å². The number of H-pyrrole nitrogens is 1. The Morgan fingerprint density at radius 3 is 2.94 bits per heavy atom. The SMILES string of the molecule is Cc1cccc2[nH]c(=S)n(CCc3ccco3)c12. The Hall–Kier alpha value is -1.81. The standard InChI is InChI=1S/C14H14N2OS/c1-10-4-2-6-12-13(10)16(14(18)15-12)8-7-11-5-3-9-17-11/h2-6,9H,7-8H2,1H3,(H,15,18). The maximum absolute atomic E-state index is 5.38. The van der Waals surface area contributed by atoms with E-state index in [4.69, 9.17) is 16.6 Å². The van der Waals surface area contributed by atoms with Crippen LogP contribution in [0.25, 0.3) is 11.0 Å². The van der Waals surface area contributed by atoms with Crippen LogP contribution >= 0.6 is 12.2 Å². The van der Waals surface area contributed by atoms with Gasteiger partial charge in [0.2, 0.25) is 0 Å². The fourth-order valence-electron chi connectivity index (χ4n) is 2.29. The summed E-state index contributed by atoms with van der Waals surface area (Å²) in [5.41, 5.74) is 3.52. The van der Waals surface area contributed by atoms with Gasteiger partial charge in [0.1, 0.15) is 5.76 Å². The van der Waals surface area contributed by atoms with Gasteiger partial charge in [-0.2, -0.15) is 0 Å². The average Bonchev–Trinajstić information content (AvgIpc) is 2.94. The van der Waals surface area contributed by atoms with E-state index in [9.17, 15) is 0 Å². The Labute approximate surface area is 110 Å². The Kier molecular flexibility index (Phi) is 2.80. The molecule has 0 unspecified atom stereocenters. The lowest BCUT2D eigenvalue weighted by Crippen LogP contribution is -2.01. The zero-order chi connectivity index (χ0) is 12.5. The summed E-state index contributed by atoms with van der Waals surface area (Å²) in [6.07, 6.45) is 2.55.